The second-order valence-corrected chi connectivity index (χ2v) is 4.88. The molecule has 0 saturated carbocycles. The Morgan fingerprint density at radius 3 is 2.43 bits per heavy atom. The first-order valence-electron chi connectivity index (χ1n) is 5.90. The summed E-state index contributed by atoms with van der Waals surface area (Å²) in [5.41, 5.74) is -1.72. The maximum absolute atomic E-state index is 12.8. The number of carbonyl (C=O) groups excluding carboxylic acids is 1. The standard InChI is InChI=1S/C14H7F3N2OS/c15-14(16,17)13-11(18-21-19-13)12(20)10-6-5-8-3-1-2-4-9(8)7-10/h1-7H. The smallest absolute Gasteiger partial charge is 0.287 e. The minimum absolute atomic E-state index is 0.159. The molecule has 0 spiro atoms. The highest BCUT2D eigenvalue weighted by molar-refractivity contribution is 6.99. The van der Waals surface area contributed by atoms with Crippen LogP contribution < -0.4 is 0 Å². The van der Waals surface area contributed by atoms with Crippen LogP contribution >= 0.6 is 11.7 Å². The second-order valence-electron chi connectivity index (χ2n) is 4.35. The van der Waals surface area contributed by atoms with Gasteiger partial charge in [-0.2, -0.15) is 21.9 Å². The third kappa shape index (κ3) is 2.52. The Labute approximate surface area is 121 Å². The molecule has 2 aromatic carbocycles. The van der Waals surface area contributed by atoms with E-state index in [4.69, 9.17) is 0 Å². The highest BCUT2D eigenvalue weighted by Gasteiger charge is 2.39. The van der Waals surface area contributed by atoms with Crippen LogP contribution in [-0.4, -0.2) is 14.5 Å². The number of aromatic nitrogens is 2. The molecule has 0 aliphatic rings. The molecular weight excluding hydrogens is 301 g/mol. The van der Waals surface area contributed by atoms with Crippen molar-refractivity contribution in [2.24, 2.45) is 0 Å². The van der Waals surface area contributed by atoms with E-state index in [0.717, 1.165) is 10.8 Å². The van der Waals surface area contributed by atoms with Gasteiger partial charge in [0.05, 0.1) is 11.7 Å². The van der Waals surface area contributed by atoms with Gasteiger partial charge in [0.2, 0.25) is 5.78 Å². The third-order valence-electron chi connectivity index (χ3n) is 2.98. The van der Waals surface area contributed by atoms with Crippen LogP contribution in [0.5, 0.6) is 0 Å². The number of halogens is 3. The summed E-state index contributed by atoms with van der Waals surface area (Å²) < 4.78 is 45.0. The SMILES string of the molecule is O=C(c1ccc2ccccc2c1)c1nsnc1C(F)(F)F. The summed E-state index contributed by atoms with van der Waals surface area (Å²) >= 11 is 0.379. The number of ketones is 1. The summed E-state index contributed by atoms with van der Waals surface area (Å²) in [6, 6.07) is 12.0. The zero-order valence-corrected chi connectivity index (χ0v) is 11.2. The zero-order valence-electron chi connectivity index (χ0n) is 10.4. The van der Waals surface area contributed by atoms with Crippen LogP contribution in [0.3, 0.4) is 0 Å². The number of hydrogen-bond donors (Lipinski definition) is 0. The van der Waals surface area contributed by atoms with Crippen LogP contribution in [0, 0.1) is 0 Å². The fourth-order valence-electron chi connectivity index (χ4n) is 1.99. The van der Waals surface area contributed by atoms with Crippen molar-refractivity contribution in [3.8, 4) is 0 Å². The number of benzene rings is 2. The minimum atomic E-state index is -4.69. The molecule has 0 bridgehead atoms. The van der Waals surface area contributed by atoms with Gasteiger partial charge in [0.1, 0.15) is 0 Å². The van der Waals surface area contributed by atoms with Gasteiger partial charge < -0.3 is 0 Å². The summed E-state index contributed by atoms with van der Waals surface area (Å²) in [6.07, 6.45) is -4.69. The first-order chi connectivity index (χ1) is 9.97. The molecule has 0 atom stereocenters. The van der Waals surface area contributed by atoms with Crippen molar-refractivity contribution in [3.05, 3.63) is 59.4 Å². The Hall–Kier alpha value is -2.28. The Balaban J connectivity index is 2.07. The fourth-order valence-corrected chi connectivity index (χ4v) is 2.55. The predicted octanol–water partition coefficient (Wildman–Crippen LogP) is 3.94. The molecule has 0 amide bonds. The van der Waals surface area contributed by atoms with E-state index in [2.05, 4.69) is 8.75 Å². The molecule has 0 saturated heterocycles. The molecule has 0 fully saturated rings. The molecule has 0 aliphatic heterocycles. The van der Waals surface area contributed by atoms with Crippen molar-refractivity contribution >= 4 is 28.3 Å². The molecule has 106 valence electrons. The van der Waals surface area contributed by atoms with Gasteiger partial charge >= 0.3 is 6.18 Å². The van der Waals surface area contributed by atoms with E-state index in [1.54, 1.807) is 24.3 Å². The van der Waals surface area contributed by atoms with E-state index in [1.165, 1.54) is 6.07 Å². The number of fused-ring (bicyclic) bond motifs is 1. The largest absolute Gasteiger partial charge is 0.436 e. The van der Waals surface area contributed by atoms with Gasteiger partial charge in [-0.15, -0.1) is 0 Å². The molecule has 3 nitrogen and oxygen atoms in total. The lowest BCUT2D eigenvalue weighted by Gasteiger charge is -2.05. The molecule has 21 heavy (non-hydrogen) atoms. The minimum Gasteiger partial charge on any atom is -0.287 e. The maximum Gasteiger partial charge on any atom is 0.436 e. The molecule has 0 N–H and O–H groups in total. The van der Waals surface area contributed by atoms with Crippen LogP contribution in [-0.2, 0) is 6.18 Å². The Morgan fingerprint density at radius 2 is 1.71 bits per heavy atom. The fraction of sp³-hybridized carbons (Fsp3) is 0.0714. The first-order valence-corrected chi connectivity index (χ1v) is 6.63. The van der Waals surface area contributed by atoms with E-state index in [-0.39, 0.29) is 5.56 Å². The van der Waals surface area contributed by atoms with Crippen LogP contribution in [0.2, 0.25) is 0 Å². The molecule has 3 rings (SSSR count). The van der Waals surface area contributed by atoms with Crippen molar-refractivity contribution in [1.82, 2.24) is 8.75 Å². The van der Waals surface area contributed by atoms with E-state index in [0.29, 0.717) is 11.7 Å². The summed E-state index contributed by atoms with van der Waals surface area (Å²) in [5, 5.41) is 1.68. The van der Waals surface area contributed by atoms with Crippen molar-refractivity contribution in [2.45, 2.75) is 6.18 Å². The second kappa shape index (κ2) is 4.92. The van der Waals surface area contributed by atoms with Crippen LogP contribution in [0.25, 0.3) is 10.8 Å². The summed E-state index contributed by atoms with van der Waals surface area (Å²) in [7, 11) is 0. The topological polar surface area (TPSA) is 42.9 Å². The van der Waals surface area contributed by atoms with Gasteiger partial charge in [-0.25, -0.2) is 0 Å². The molecular formula is C14H7F3N2OS. The van der Waals surface area contributed by atoms with Gasteiger partial charge in [0, 0.05) is 5.56 Å². The number of nitrogens with zero attached hydrogens (tertiary/aromatic N) is 2. The van der Waals surface area contributed by atoms with Crippen molar-refractivity contribution < 1.29 is 18.0 Å². The third-order valence-corrected chi connectivity index (χ3v) is 3.51. The lowest BCUT2D eigenvalue weighted by Crippen LogP contribution is -2.13. The lowest BCUT2D eigenvalue weighted by atomic mass is 10.0. The molecule has 1 heterocycles. The molecule has 0 unspecified atom stereocenters. The molecule has 0 aliphatic carbocycles. The van der Waals surface area contributed by atoms with E-state index in [9.17, 15) is 18.0 Å². The van der Waals surface area contributed by atoms with Crippen molar-refractivity contribution in [1.29, 1.82) is 0 Å². The van der Waals surface area contributed by atoms with Gasteiger partial charge in [0.15, 0.2) is 11.4 Å². The Morgan fingerprint density at radius 1 is 1.00 bits per heavy atom. The normalized spacial score (nSPS) is 11.8. The summed E-state index contributed by atoms with van der Waals surface area (Å²) in [5.74, 6) is -0.776. The van der Waals surface area contributed by atoms with Gasteiger partial charge in [-0.05, 0) is 16.8 Å². The van der Waals surface area contributed by atoms with Crippen LogP contribution in [0.4, 0.5) is 13.2 Å². The summed E-state index contributed by atoms with van der Waals surface area (Å²) in [6.45, 7) is 0. The molecule has 3 aromatic rings. The van der Waals surface area contributed by atoms with E-state index >= 15 is 0 Å². The van der Waals surface area contributed by atoms with E-state index in [1.807, 2.05) is 12.1 Å². The van der Waals surface area contributed by atoms with Gasteiger partial charge in [-0.3, -0.25) is 4.79 Å². The van der Waals surface area contributed by atoms with Crippen molar-refractivity contribution in [3.63, 3.8) is 0 Å². The Kier molecular flexibility index (Phi) is 3.21. The van der Waals surface area contributed by atoms with Gasteiger partial charge in [-0.1, -0.05) is 36.4 Å². The zero-order chi connectivity index (χ0) is 15.0. The number of alkyl halides is 3. The first kappa shape index (κ1) is 13.7. The van der Waals surface area contributed by atoms with E-state index < -0.39 is 23.3 Å². The maximum atomic E-state index is 12.8. The van der Waals surface area contributed by atoms with Crippen LogP contribution in [0.1, 0.15) is 21.7 Å². The number of carbonyl (C=O) groups is 1. The molecule has 7 heteroatoms. The number of rotatable bonds is 2. The summed E-state index contributed by atoms with van der Waals surface area (Å²) in [4.78, 5) is 12.2. The van der Waals surface area contributed by atoms with Crippen LogP contribution in [0.15, 0.2) is 42.5 Å². The average Bonchev–Trinajstić information content (AvgIpc) is 2.95. The highest BCUT2D eigenvalue weighted by atomic mass is 32.1. The molecule has 1 aromatic heterocycles. The monoisotopic (exact) mass is 308 g/mol. The quantitative estimate of drug-likeness (QED) is 0.673. The Bertz CT molecular complexity index is 826. The predicted molar refractivity (Wildman–Crippen MR) is 72.3 cm³/mol. The van der Waals surface area contributed by atoms with Gasteiger partial charge in [0.25, 0.3) is 0 Å². The highest BCUT2D eigenvalue weighted by Crippen LogP contribution is 2.31. The average molecular weight is 308 g/mol. The van der Waals surface area contributed by atoms with Crippen molar-refractivity contribution in [2.75, 3.05) is 0 Å². The molecule has 0 radical (unpaired) electrons. The lowest BCUT2D eigenvalue weighted by molar-refractivity contribution is -0.140. The number of hydrogen-bond acceptors (Lipinski definition) is 4.